The Morgan fingerprint density at radius 3 is 2.77 bits per heavy atom. The second kappa shape index (κ2) is 9.07. The quantitative estimate of drug-likeness (QED) is 0.252. The molecule has 2 aromatic carbocycles. The van der Waals surface area contributed by atoms with Crippen molar-refractivity contribution in [3.05, 3.63) is 74.7 Å². The summed E-state index contributed by atoms with van der Waals surface area (Å²) in [5.74, 6) is -0.0454. The van der Waals surface area contributed by atoms with E-state index < -0.39 is 0 Å². The molecule has 0 aliphatic rings. The largest absolute Gasteiger partial charge is 0.391 e. The summed E-state index contributed by atoms with van der Waals surface area (Å²) in [6.07, 6.45) is 3.23. The van der Waals surface area contributed by atoms with Crippen LogP contribution in [-0.2, 0) is 11.4 Å². The number of benzene rings is 2. The van der Waals surface area contributed by atoms with Crippen molar-refractivity contribution in [2.75, 3.05) is 0 Å². The van der Waals surface area contributed by atoms with Gasteiger partial charge in [-0.1, -0.05) is 63.0 Å². The maximum absolute atomic E-state index is 12.2. The molecule has 0 unspecified atom stereocenters. The highest BCUT2D eigenvalue weighted by molar-refractivity contribution is 9.10. The highest BCUT2D eigenvalue weighted by atomic mass is 79.9. The molecule has 132 valence electrons. The van der Waals surface area contributed by atoms with Crippen LogP contribution in [0.3, 0.4) is 0 Å². The number of rotatable bonds is 7. The maximum Gasteiger partial charge on any atom is 0.179 e. The van der Waals surface area contributed by atoms with Crippen molar-refractivity contribution in [1.29, 1.82) is 0 Å². The smallest absolute Gasteiger partial charge is 0.179 e. The standard InChI is InChI=1S/C19H14BrClN2O2S/c20-16-4-2-1-3-14(16)12-25-23-10-9-17(24)18-11-22-19(26-18)13-5-7-15(21)8-6-13/h1-8,10-11H,9,12H2/b23-10-. The third-order valence-electron chi connectivity index (χ3n) is 3.48. The van der Waals surface area contributed by atoms with Crippen LogP contribution in [0.4, 0.5) is 0 Å². The Morgan fingerprint density at radius 1 is 1.23 bits per heavy atom. The molecule has 26 heavy (non-hydrogen) atoms. The van der Waals surface area contributed by atoms with Crippen molar-refractivity contribution in [3.63, 3.8) is 0 Å². The molecule has 3 rings (SSSR count). The Hall–Kier alpha value is -2.02. The summed E-state index contributed by atoms with van der Waals surface area (Å²) in [5, 5.41) is 5.30. The number of carbonyl (C=O) groups excluding carboxylic acids is 1. The van der Waals surface area contributed by atoms with Crippen LogP contribution in [0.2, 0.25) is 5.02 Å². The molecule has 0 atom stereocenters. The Morgan fingerprint density at radius 2 is 2.00 bits per heavy atom. The van der Waals surface area contributed by atoms with Gasteiger partial charge in [0.25, 0.3) is 0 Å². The van der Waals surface area contributed by atoms with Gasteiger partial charge in [-0.15, -0.1) is 11.3 Å². The fourth-order valence-electron chi connectivity index (χ4n) is 2.12. The van der Waals surface area contributed by atoms with E-state index in [9.17, 15) is 4.79 Å². The van der Waals surface area contributed by atoms with Gasteiger partial charge in [-0.05, 0) is 18.2 Å². The molecule has 0 aliphatic heterocycles. The molecule has 0 amide bonds. The summed E-state index contributed by atoms with van der Waals surface area (Å²) in [5.41, 5.74) is 1.93. The number of carbonyl (C=O) groups is 1. The van der Waals surface area contributed by atoms with E-state index in [1.165, 1.54) is 17.6 Å². The molecule has 7 heteroatoms. The molecule has 1 heterocycles. The number of oxime groups is 1. The molecule has 1 aromatic heterocycles. The molecule has 0 aliphatic carbocycles. The summed E-state index contributed by atoms with van der Waals surface area (Å²) in [6.45, 7) is 0.341. The first-order chi connectivity index (χ1) is 12.6. The molecule has 0 N–H and O–H groups in total. The zero-order valence-corrected chi connectivity index (χ0v) is 16.7. The fraction of sp³-hybridized carbons (Fsp3) is 0.105. The lowest BCUT2D eigenvalue weighted by molar-refractivity contribution is 0.0999. The van der Waals surface area contributed by atoms with Gasteiger partial charge in [0.1, 0.15) is 11.6 Å². The minimum Gasteiger partial charge on any atom is -0.391 e. The van der Waals surface area contributed by atoms with E-state index in [0.29, 0.717) is 16.5 Å². The summed E-state index contributed by atoms with van der Waals surface area (Å²) >= 11 is 10.7. The molecule has 4 nitrogen and oxygen atoms in total. The van der Waals surface area contributed by atoms with Crippen LogP contribution in [0.25, 0.3) is 10.6 Å². The van der Waals surface area contributed by atoms with E-state index in [2.05, 4.69) is 26.1 Å². The number of ketones is 1. The van der Waals surface area contributed by atoms with Gasteiger partial charge in [-0.2, -0.15) is 0 Å². The van der Waals surface area contributed by atoms with Gasteiger partial charge in [0.2, 0.25) is 0 Å². The third kappa shape index (κ3) is 5.00. The number of nitrogens with zero attached hydrogens (tertiary/aromatic N) is 2. The first kappa shape index (κ1) is 18.8. The minimum atomic E-state index is -0.0454. The second-order valence-corrected chi connectivity index (χ2v) is 7.64. The molecule has 0 saturated carbocycles. The highest BCUT2D eigenvalue weighted by Crippen LogP contribution is 2.26. The molecular formula is C19H14BrClN2O2S. The average Bonchev–Trinajstić information content (AvgIpc) is 3.13. The number of Topliss-reactive ketones (excluding diaryl/α,β-unsaturated/α-hetero) is 1. The second-order valence-electron chi connectivity index (χ2n) is 5.32. The van der Waals surface area contributed by atoms with Gasteiger partial charge in [0.05, 0.1) is 17.5 Å². The summed E-state index contributed by atoms with van der Waals surface area (Å²) < 4.78 is 0.964. The van der Waals surface area contributed by atoms with Gasteiger partial charge < -0.3 is 4.84 Å². The molecule has 0 radical (unpaired) electrons. The van der Waals surface area contributed by atoms with Gasteiger partial charge in [-0.3, -0.25) is 4.79 Å². The predicted molar refractivity (Wildman–Crippen MR) is 109 cm³/mol. The van der Waals surface area contributed by atoms with Crippen LogP contribution in [-0.4, -0.2) is 17.0 Å². The Kier molecular flexibility index (Phi) is 6.55. The van der Waals surface area contributed by atoms with Gasteiger partial charge in [-0.25, -0.2) is 4.98 Å². The minimum absolute atomic E-state index is 0.0454. The van der Waals surface area contributed by atoms with Gasteiger partial charge in [0.15, 0.2) is 5.78 Å². The number of thiazole rings is 1. The van der Waals surface area contributed by atoms with E-state index in [4.69, 9.17) is 16.4 Å². The topological polar surface area (TPSA) is 51.5 Å². The number of aromatic nitrogens is 1. The van der Waals surface area contributed by atoms with E-state index >= 15 is 0 Å². The van der Waals surface area contributed by atoms with Crippen LogP contribution >= 0.6 is 38.9 Å². The lowest BCUT2D eigenvalue weighted by Gasteiger charge is -2.01. The van der Waals surface area contributed by atoms with Gasteiger partial charge >= 0.3 is 0 Å². The lowest BCUT2D eigenvalue weighted by Crippen LogP contribution is -1.97. The number of halogens is 2. The van der Waals surface area contributed by atoms with Crippen molar-refractivity contribution in [1.82, 2.24) is 4.98 Å². The first-order valence-electron chi connectivity index (χ1n) is 7.75. The van der Waals surface area contributed by atoms with Crippen LogP contribution in [0, 0.1) is 0 Å². The molecule has 0 bridgehead atoms. The SMILES string of the molecule is O=C(C/C=N\OCc1ccccc1Br)c1cnc(-c2ccc(Cl)cc2)s1. The summed E-state index contributed by atoms with van der Waals surface area (Å²) in [7, 11) is 0. The highest BCUT2D eigenvalue weighted by Gasteiger charge is 2.11. The molecule has 0 spiro atoms. The Balaban J connectivity index is 1.52. The lowest BCUT2D eigenvalue weighted by atomic mass is 10.2. The van der Waals surface area contributed by atoms with E-state index in [0.717, 1.165) is 20.6 Å². The Labute approximate surface area is 168 Å². The monoisotopic (exact) mass is 448 g/mol. The van der Waals surface area contributed by atoms with Crippen LogP contribution < -0.4 is 0 Å². The van der Waals surface area contributed by atoms with Crippen molar-refractivity contribution in [2.45, 2.75) is 13.0 Å². The molecule has 0 fully saturated rings. The van der Waals surface area contributed by atoms with E-state index in [1.54, 1.807) is 18.3 Å². The normalized spacial score (nSPS) is 11.0. The van der Waals surface area contributed by atoms with Crippen molar-refractivity contribution < 1.29 is 9.63 Å². The average molecular weight is 450 g/mol. The fourth-order valence-corrected chi connectivity index (χ4v) is 3.52. The van der Waals surface area contributed by atoms with Crippen LogP contribution in [0.5, 0.6) is 0 Å². The van der Waals surface area contributed by atoms with Crippen molar-refractivity contribution >= 4 is 50.9 Å². The Bertz CT molecular complexity index is 925. The molecule has 3 aromatic rings. The zero-order valence-electron chi connectivity index (χ0n) is 13.6. The number of hydrogen-bond donors (Lipinski definition) is 0. The number of hydrogen-bond acceptors (Lipinski definition) is 5. The zero-order chi connectivity index (χ0) is 18.4. The van der Waals surface area contributed by atoms with Crippen molar-refractivity contribution in [2.24, 2.45) is 5.16 Å². The molecule has 0 saturated heterocycles. The van der Waals surface area contributed by atoms with Crippen LogP contribution in [0.15, 0.2) is 64.4 Å². The summed E-state index contributed by atoms with van der Waals surface area (Å²) in [6, 6.07) is 15.1. The van der Waals surface area contributed by atoms with Crippen molar-refractivity contribution in [3.8, 4) is 10.6 Å². The predicted octanol–water partition coefficient (Wildman–Crippen LogP) is 6.00. The van der Waals surface area contributed by atoms with E-state index in [1.807, 2.05) is 36.4 Å². The first-order valence-corrected chi connectivity index (χ1v) is 9.74. The summed E-state index contributed by atoms with van der Waals surface area (Å²) in [4.78, 5) is 22.4. The van der Waals surface area contributed by atoms with E-state index in [-0.39, 0.29) is 12.2 Å². The van der Waals surface area contributed by atoms with Gasteiger partial charge in [0, 0.05) is 26.8 Å². The molecular weight excluding hydrogens is 436 g/mol. The maximum atomic E-state index is 12.2. The third-order valence-corrected chi connectivity index (χ3v) is 5.59. The van der Waals surface area contributed by atoms with Crippen LogP contribution in [0.1, 0.15) is 21.7 Å².